The zero-order valence-corrected chi connectivity index (χ0v) is 9.72. The maximum absolute atomic E-state index is 12.0. The van der Waals surface area contributed by atoms with Gasteiger partial charge in [0, 0.05) is 24.7 Å². The lowest BCUT2D eigenvalue weighted by molar-refractivity contribution is -0.138. The monoisotopic (exact) mass is 242 g/mol. The minimum atomic E-state index is -0.884. The van der Waals surface area contributed by atoms with Gasteiger partial charge in [-0.25, -0.2) is 0 Å². The summed E-state index contributed by atoms with van der Waals surface area (Å²) in [5.74, 6) is -2.06. The summed E-state index contributed by atoms with van der Waals surface area (Å²) >= 11 is 0. The summed E-state index contributed by atoms with van der Waals surface area (Å²) in [6, 6.07) is 0. The highest BCUT2D eigenvalue weighted by Crippen LogP contribution is 2.31. The van der Waals surface area contributed by atoms with Gasteiger partial charge in [-0.05, 0) is 25.7 Å². The third-order valence-corrected chi connectivity index (χ3v) is 3.32. The highest BCUT2D eigenvalue weighted by Gasteiger charge is 2.31. The Labute approximate surface area is 99.8 Å². The normalized spacial score (nSPS) is 24.6. The first-order chi connectivity index (χ1) is 8.00. The molecular weight excluding hydrogens is 224 g/mol. The van der Waals surface area contributed by atoms with E-state index < -0.39 is 11.9 Å². The molecule has 0 amide bonds. The van der Waals surface area contributed by atoms with Crippen molar-refractivity contribution >= 4 is 17.7 Å². The Balaban J connectivity index is 2.44. The van der Waals surface area contributed by atoms with Gasteiger partial charge in [-0.3, -0.25) is 14.4 Å². The number of carbonyl (C=O) groups excluding carboxylic acids is 1. The molecule has 0 aromatic rings. The molecule has 0 aromatic heterocycles. The fourth-order valence-electron chi connectivity index (χ4n) is 2.40. The largest absolute Gasteiger partial charge is 0.481 e. The van der Waals surface area contributed by atoms with Crippen LogP contribution in [0.1, 0.15) is 44.9 Å². The molecule has 0 aromatic carbocycles. The van der Waals surface area contributed by atoms with Gasteiger partial charge in [-0.2, -0.15) is 0 Å². The summed E-state index contributed by atoms with van der Waals surface area (Å²) in [6.07, 6.45) is 3.19. The molecule has 0 unspecified atom stereocenters. The van der Waals surface area contributed by atoms with Crippen molar-refractivity contribution in [2.24, 2.45) is 11.8 Å². The molecule has 1 aliphatic rings. The average molecular weight is 242 g/mol. The van der Waals surface area contributed by atoms with E-state index >= 15 is 0 Å². The second-order valence-corrected chi connectivity index (χ2v) is 4.59. The molecule has 2 N–H and O–H groups in total. The maximum atomic E-state index is 12.0. The highest BCUT2D eigenvalue weighted by molar-refractivity contribution is 5.85. The molecule has 0 heterocycles. The molecule has 1 rings (SSSR count). The summed E-state index contributed by atoms with van der Waals surface area (Å²) in [4.78, 5) is 32.9. The van der Waals surface area contributed by atoms with Crippen molar-refractivity contribution in [3.8, 4) is 0 Å². The molecule has 0 bridgehead atoms. The third-order valence-electron chi connectivity index (χ3n) is 3.32. The molecule has 5 heteroatoms. The first-order valence-electron chi connectivity index (χ1n) is 5.98. The fourth-order valence-corrected chi connectivity index (χ4v) is 2.40. The van der Waals surface area contributed by atoms with Crippen molar-refractivity contribution in [2.45, 2.75) is 44.9 Å². The molecule has 0 radical (unpaired) electrons. The first-order valence-corrected chi connectivity index (χ1v) is 5.98. The maximum Gasteiger partial charge on any atom is 0.303 e. The Morgan fingerprint density at radius 1 is 1.00 bits per heavy atom. The predicted molar refractivity (Wildman–Crippen MR) is 59.6 cm³/mol. The molecule has 96 valence electrons. The van der Waals surface area contributed by atoms with Gasteiger partial charge < -0.3 is 10.2 Å². The number of hydrogen-bond acceptors (Lipinski definition) is 3. The van der Waals surface area contributed by atoms with Crippen LogP contribution in [0, 0.1) is 11.8 Å². The molecule has 17 heavy (non-hydrogen) atoms. The average Bonchev–Trinajstić information content (AvgIpc) is 2.25. The van der Waals surface area contributed by atoms with Crippen molar-refractivity contribution in [3.05, 3.63) is 0 Å². The van der Waals surface area contributed by atoms with Crippen LogP contribution >= 0.6 is 0 Å². The van der Waals surface area contributed by atoms with E-state index in [1.165, 1.54) is 0 Å². The van der Waals surface area contributed by atoms with Crippen LogP contribution in [0.15, 0.2) is 0 Å². The molecule has 1 saturated carbocycles. The lowest BCUT2D eigenvalue weighted by atomic mass is 9.76. The Morgan fingerprint density at radius 3 is 1.76 bits per heavy atom. The van der Waals surface area contributed by atoms with E-state index in [-0.39, 0.29) is 30.5 Å². The van der Waals surface area contributed by atoms with Crippen molar-refractivity contribution in [1.29, 1.82) is 0 Å². The van der Waals surface area contributed by atoms with E-state index in [9.17, 15) is 14.4 Å². The topological polar surface area (TPSA) is 91.7 Å². The van der Waals surface area contributed by atoms with Crippen LogP contribution < -0.4 is 0 Å². The SMILES string of the molecule is O=C(O)CC[C@H]1CCC[C@@H](CCC(=O)O)C1=O. The molecule has 2 atom stereocenters. The molecular formula is C12H18O5. The van der Waals surface area contributed by atoms with Gasteiger partial charge in [0.2, 0.25) is 0 Å². The fraction of sp³-hybridized carbons (Fsp3) is 0.750. The highest BCUT2D eigenvalue weighted by atomic mass is 16.4. The van der Waals surface area contributed by atoms with Gasteiger partial charge in [0.05, 0.1) is 0 Å². The molecule has 0 saturated heterocycles. The van der Waals surface area contributed by atoms with Crippen LogP contribution in [0.25, 0.3) is 0 Å². The van der Waals surface area contributed by atoms with E-state index in [1.807, 2.05) is 0 Å². The van der Waals surface area contributed by atoms with E-state index in [2.05, 4.69) is 0 Å². The van der Waals surface area contributed by atoms with Crippen LogP contribution in [0.5, 0.6) is 0 Å². The van der Waals surface area contributed by atoms with Crippen molar-refractivity contribution in [3.63, 3.8) is 0 Å². The van der Waals surface area contributed by atoms with Crippen LogP contribution in [-0.4, -0.2) is 27.9 Å². The number of hydrogen-bond donors (Lipinski definition) is 2. The predicted octanol–water partition coefficient (Wildman–Crippen LogP) is 1.70. The quantitative estimate of drug-likeness (QED) is 0.739. The molecule has 0 aliphatic heterocycles. The molecule has 0 spiro atoms. The standard InChI is InChI=1S/C12H18O5/c13-10(14)6-4-8-2-1-3-9(12(8)17)5-7-11(15)16/h8-9H,1-7H2,(H,13,14)(H,15,16)/t8-,9+. The summed E-state index contributed by atoms with van der Waals surface area (Å²) in [6.45, 7) is 0. The summed E-state index contributed by atoms with van der Waals surface area (Å²) in [5.41, 5.74) is 0. The number of carboxylic acids is 2. The van der Waals surface area contributed by atoms with Crippen molar-refractivity contribution in [1.82, 2.24) is 0 Å². The van der Waals surface area contributed by atoms with Crippen molar-refractivity contribution < 1.29 is 24.6 Å². The van der Waals surface area contributed by atoms with E-state index in [4.69, 9.17) is 10.2 Å². The molecule has 1 fully saturated rings. The Hall–Kier alpha value is -1.39. The second-order valence-electron chi connectivity index (χ2n) is 4.59. The van der Waals surface area contributed by atoms with Gasteiger partial charge in [0.15, 0.2) is 0 Å². The summed E-state index contributed by atoms with van der Waals surface area (Å²) < 4.78 is 0. The lowest BCUT2D eigenvalue weighted by Crippen LogP contribution is -2.29. The second kappa shape index (κ2) is 6.37. The Morgan fingerprint density at radius 2 is 1.41 bits per heavy atom. The van der Waals surface area contributed by atoms with Crippen LogP contribution in [0.2, 0.25) is 0 Å². The van der Waals surface area contributed by atoms with Gasteiger partial charge in [0.25, 0.3) is 0 Å². The van der Waals surface area contributed by atoms with Crippen LogP contribution in [0.3, 0.4) is 0 Å². The van der Waals surface area contributed by atoms with Gasteiger partial charge in [-0.15, -0.1) is 0 Å². The molecule has 5 nitrogen and oxygen atoms in total. The van der Waals surface area contributed by atoms with Gasteiger partial charge >= 0.3 is 11.9 Å². The number of rotatable bonds is 6. The number of carbonyl (C=O) groups is 3. The zero-order valence-electron chi connectivity index (χ0n) is 9.72. The lowest BCUT2D eigenvalue weighted by Gasteiger charge is -2.27. The first kappa shape index (κ1) is 13.7. The minimum Gasteiger partial charge on any atom is -0.481 e. The number of Topliss-reactive ketones (excluding diaryl/α,β-unsaturated/α-hetero) is 1. The molecule has 1 aliphatic carbocycles. The minimum absolute atomic E-state index is 0.0159. The number of ketones is 1. The van der Waals surface area contributed by atoms with Gasteiger partial charge in [-0.1, -0.05) is 6.42 Å². The van der Waals surface area contributed by atoms with Crippen LogP contribution in [-0.2, 0) is 14.4 Å². The van der Waals surface area contributed by atoms with E-state index in [0.717, 1.165) is 19.3 Å². The Kier molecular flexibility index (Phi) is 5.12. The Bertz CT molecular complexity index is 282. The summed E-state index contributed by atoms with van der Waals surface area (Å²) in [5, 5.41) is 17.2. The third kappa shape index (κ3) is 4.54. The van der Waals surface area contributed by atoms with Gasteiger partial charge in [0.1, 0.15) is 5.78 Å². The van der Waals surface area contributed by atoms with E-state index in [1.54, 1.807) is 0 Å². The zero-order chi connectivity index (χ0) is 12.8. The number of aliphatic carboxylic acids is 2. The smallest absolute Gasteiger partial charge is 0.303 e. The number of carboxylic acid groups (broad SMARTS) is 2. The van der Waals surface area contributed by atoms with Crippen LogP contribution in [0.4, 0.5) is 0 Å². The van der Waals surface area contributed by atoms with Crippen molar-refractivity contribution in [2.75, 3.05) is 0 Å². The summed E-state index contributed by atoms with van der Waals surface area (Å²) in [7, 11) is 0. The van der Waals surface area contributed by atoms with E-state index in [0.29, 0.717) is 12.8 Å².